The van der Waals surface area contributed by atoms with Crippen LogP contribution in [0, 0.1) is 0 Å². The second-order valence-electron chi connectivity index (χ2n) is 5.66. The Bertz CT molecular complexity index is 391. The molecule has 0 amide bonds. The van der Waals surface area contributed by atoms with Crippen LogP contribution in [0.4, 0.5) is 0 Å². The normalized spacial score (nSPS) is 22.1. The second kappa shape index (κ2) is 7.81. The molecule has 2 rings (SSSR count). The van der Waals surface area contributed by atoms with Crippen LogP contribution in [0.2, 0.25) is 0 Å². The summed E-state index contributed by atoms with van der Waals surface area (Å²) in [6, 6.07) is 2.71. The van der Waals surface area contributed by atoms with Crippen LogP contribution in [-0.4, -0.2) is 48.9 Å². The van der Waals surface area contributed by atoms with Crippen LogP contribution in [0.25, 0.3) is 0 Å². The molecule has 1 aromatic heterocycles. The van der Waals surface area contributed by atoms with Crippen molar-refractivity contribution < 1.29 is 4.74 Å². The number of hydrogen-bond donors (Lipinski definition) is 1. The summed E-state index contributed by atoms with van der Waals surface area (Å²) >= 11 is 0. The van der Waals surface area contributed by atoms with Gasteiger partial charge < -0.3 is 14.6 Å². The highest BCUT2D eigenvalue weighted by Gasteiger charge is 2.19. The SMILES string of the molecule is CCCC(NC)c1ccn(CC2CN(CC)CCO2)c1. The van der Waals surface area contributed by atoms with Gasteiger partial charge in [0, 0.05) is 38.1 Å². The molecule has 2 atom stereocenters. The van der Waals surface area contributed by atoms with Gasteiger partial charge in [-0.3, -0.25) is 4.90 Å². The first kappa shape index (κ1) is 15.5. The van der Waals surface area contributed by atoms with E-state index in [1.54, 1.807) is 0 Å². The Labute approximate surface area is 123 Å². The first-order valence-electron chi connectivity index (χ1n) is 7.93. The molecule has 2 unspecified atom stereocenters. The van der Waals surface area contributed by atoms with E-state index in [0.717, 1.165) is 32.8 Å². The van der Waals surface area contributed by atoms with Gasteiger partial charge in [-0.15, -0.1) is 0 Å². The Morgan fingerprint density at radius 1 is 1.45 bits per heavy atom. The molecule has 0 saturated carbocycles. The van der Waals surface area contributed by atoms with Crippen molar-refractivity contribution in [3.8, 4) is 0 Å². The highest BCUT2D eigenvalue weighted by Crippen LogP contribution is 2.19. The molecule has 0 radical (unpaired) electrons. The maximum Gasteiger partial charge on any atom is 0.0880 e. The Hall–Kier alpha value is -0.840. The fourth-order valence-corrected chi connectivity index (χ4v) is 2.96. The lowest BCUT2D eigenvalue weighted by molar-refractivity contribution is -0.0342. The Morgan fingerprint density at radius 3 is 3.00 bits per heavy atom. The molecule has 0 bridgehead atoms. The van der Waals surface area contributed by atoms with Crippen LogP contribution >= 0.6 is 0 Å². The zero-order valence-electron chi connectivity index (χ0n) is 13.1. The third kappa shape index (κ3) is 4.08. The van der Waals surface area contributed by atoms with Crippen LogP contribution in [-0.2, 0) is 11.3 Å². The minimum Gasteiger partial charge on any atom is -0.374 e. The van der Waals surface area contributed by atoms with Crippen molar-refractivity contribution in [2.45, 2.75) is 45.4 Å². The lowest BCUT2D eigenvalue weighted by Gasteiger charge is -2.32. The molecule has 1 aliphatic heterocycles. The lowest BCUT2D eigenvalue weighted by atomic mass is 10.1. The molecule has 1 aliphatic rings. The van der Waals surface area contributed by atoms with Crippen molar-refractivity contribution >= 4 is 0 Å². The minimum absolute atomic E-state index is 0.322. The van der Waals surface area contributed by atoms with E-state index in [0.29, 0.717) is 12.1 Å². The maximum absolute atomic E-state index is 5.88. The topological polar surface area (TPSA) is 29.4 Å². The molecule has 1 fully saturated rings. The summed E-state index contributed by atoms with van der Waals surface area (Å²) in [5, 5.41) is 3.40. The lowest BCUT2D eigenvalue weighted by Crippen LogP contribution is -2.43. The fraction of sp³-hybridized carbons (Fsp3) is 0.750. The smallest absolute Gasteiger partial charge is 0.0880 e. The molecule has 1 aromatic rings. The molecule has 4 nitrogen and oxygen atoms in total. The summed E-state index contributed by atoms with van der Waals surface area (Å²) in [6.45, 7) is 9.52. The largest absolute Gasteiger partial charge is 0.374 e. The number of ether oxygens (including phenoxy) is 1. The van der Waals surface area contributed by atoms with Gasteiger partial charge in [0.2, 0.25) is 0 Å². The summed E-state index contributed by atoms with van der Waals surface area (Å²) in [7, 11) is 2.04. The molecular weight excluding hydrogens is 250 g/mol. The number of likely N-dealkylation sites (N-methyl/N-ethyl adjacent to an activating group) is 1. The van der Waals surface area contributed by atoms with Crippen molar-refractivity contribution in [2.24, 2.45) is 0 Å². The average molecular weight is 279 g/mol. The first-order chi connectivity index (χ1) is 9.76. The van der Waals surface area contributed by atoms with Crippen LogP contribution in [0.1, 0.15) is 38.3 Å². The highest BCUT2D eigenvalue weighted by molar-refractivity contribution is 5.15. The Kier molecular flexibility index (Phi) is 6.07. The van der Waals surface area contributed by atoms with E-state index in [1.165, 1.54) is 18.4 Å². The van der Waals surface area contributed by atoms with E-state index in [9.17, 15) is 0 Å². The molecule has 20 heavy (non-hydrogen) atoms. The number of hydrogen-bond acceptors (Lipinski definition) is 3. The monoisotopic (exact) mass is 279 g/mol. The molecule has 1 N–H and O–H groups in total. The summed E-state index contributed by atoms with van der Waals surface area (Å²) in [5.74, 6) is 0. The predicted molar refractivity (Wildman–Crippen MR) is 83.0 cm³/mol. The second-order valence-corrected chi connectivity index (χ2v) is 5.66. The van der Waals surface area contributed by atoms with Crippen molar-refractivity contribution in [1.82, 2.24) is 14.8 Å². The Balaban J connectivity index is 1.91. The molecule has 114 valence electrons. The highest BCUT2D eigenvalue weighted by atomic mass is 16.5. The van der Waals surface area contributed by atoms with Gasteiger partial charge in [0.05, 0.1) is 12.7 Å². The van der Waals surface area contributed by atoms with Crippen molar-refractivity contribution in [2.75, 3.05) is 33.3 Å². The zero-order chi connectivity index (χ0) is 14.4. The molecule has 1 saturated heterocycles. The predicted octanol–water partition coefficient (Wildman–Crippen LogP) is 2.27. The quantitative estimate of drug-likeness (QED) is 0.830. The third-order valence-electron chi connectivity index (χ3n) is 4.19. The summed E-state index contributed by atoms with van der Waals surface area (Å²) in [5.41, 5.74) is 1.39. The first-order valence-corrected chi connectivity index (χ1v) is 7.93. The maximum atomic E-state index is 5.88. The van der Waals surface area contributed by atoms with Crippen LogP contribution in [0.3, 0.4) is 0 Å². The molecular formula is C16H29N3O. The number of nitrogens with one attached hydrogen (secondary N) is 1. The van der Waals surface area contributed by atoms with Crippen molar-refractivity contribution in [3.05, 3.63) is 24.0 Å². The molecule has 0 aliphatic carbocycles. The van der Waals surface area contributed by atoms with Crippen LogP contribution in [0.15, 0.2) is 18.5 Å². The standard InChI is InChI=1S/C16H29N3O/c1-4-6-16(17-3)14-7-8-19(11-14)13-15-12-18(5-2)9-10-20-15/h7-8,11,15-17H,4-6,9-10,12-13H2,1-3H3. The molecule has 0 spiro atoms. The van der Waals surface area contributed by atoms with Gasteiger partial charge in [-0.25, -0.2) is 0 Å². The van der Waals surface area contributed by atoms with E-state index in [-0.39, 0.29) is 0 Å². The van der Waals surface area contributed by atoms with E-state index in [1.807, 2.05) is 7.05 Å². The summed E-state index contributed by atoms with van der Waals surface area (Å²) in [4.78, 5) is 2.46. The fourth-order valence-electron chi connectivity index (χ4n) is 2.96. The van der Waals surface area contributed by atoms with Crippen LogP contribution < -0.4 is 5.32 Å². The van der Waals surface area contributed by atoms with Crippen LogP contribution in [0.5, 0.6) is 0 Å². The number of rotatable bonds is 7. The van der Waals surface area contributed by atoms with E-state index in [4.69, 9.17) is 4.74 Å². The summed E-state index contributed by atoms with van der Waals surface area (Å²) in [6.07, 6.45) is 7.16. The Morgan fingerprint density at radius 2 is 2.30 bits per heavy atom. The third-order valence-corrected chi connectivity index (χ3v) is 4.19. The minimum atomic E-state index is 0.322. The van der Waals surface area contributed by atoms with Gasteiger partial charge in [0.15, 0.2) is 0 Å². The van der Waals surface area contributed by atoms with Gasteiger partial charge in [-0.1, -0.05) is 20.3 Å². The summed E-state index contributed by atoms with van der Waals surface area (Å²) < 4.78 is 8.16. The average Bonchev–Trinajstić information content (AvgIpc) is 2.93. The zero-order valence-corrected chi connectivity index (χ0v) is 13.1. The number of nitrogens with zero attached hydrogens (tertiary/aromatic N) is 2. The number of morpholine rings is 1. The van der Waals surface area contributed by atoms with E-state index < -0.39 is 0 Å². The van der Waals surface area contributed by atoms with Gasteiger partial charge in [0.1, 0.15) is 0 Å². The van der Waals surface area contributed by atoms with Gasteiger partial charge in [-0.05, 0) is 31.6 Å². The van der Waals surface area contributed by atoms with E-state index >= 15 is 0 Å². The molecule has 4 heteroatoms. The van der Waals surface area contributed by atoms with Gasteiger partial charge in [-0.2, -0.15) is 0 Å². The van der Waals surface area contributed by atoms with Crippen molar-refractivity contribution in [1.29, 1.82) is 0 Å². The van der Waals surface area contributed by atoms with E-state index in [2.05, 4.69) is 47.1 Å². The van der Waals surface area contributed by atoms with Gasteiger partial charge >= 0.3 is 0 Å². The molecule has 0 aromatic carbocycles. The van der Waals surface area contributed by atoms with Crippen molar-refractivity contribution in [3.63, 3.8) is 0 Å². The number of aromatic nitrogens is 1. The van der Waals surface area contributed by atoms with Gasteiger partial charge in [0.25, 0.3) is 0 Å². The molecule has 2 heterocycles.